The third-order valence-electron chi connectivity index (χ3n) is 7.98. The molecule has 4 rings (SSSR count). The summed E-state index contributed by atoms with van der Waals surface area (Å²) in [6.45, 7) is 5.94. The van der Waals surface area contributed by atoms with Crippen molar-refractivity contribution >= 4 is 27.6 Å². The number of aryl methyl sites for hydroxylation is 1. The molecule has 3 amide bonds. The number of amides is 3. The van der Waals surface area contributed by atoms with E-state index in [1.165, 1.54) is 24.6 Å². The summed E-state index contributed by atoms with van der Waals surface area (Å²) in [4.78, 5) is 30.0. The summed E-state index contributed by atoms with van der Waals surface area (Å²) in [7, 11) is -2.16. The number of nitrogens with zero attached hydrogens (tertiary/aromatic N) is 2. The highest BCUT2D eigenvalue weighted by atomic mass is 32.2. The third kappa shape index (κ3) is 7.51. The maximum atomic E-state index is 13.7. The number of urea groups is 1. The molecule has 0 spiro atoms. The van der Waals surface area contributed by atoms with Gasteiger partial charge in [0, 0.05) is 31.2 Å². The summed E-state index contributed by atoms with van der Waals surface area (Å²) in [6, 6.07) is 10.6. The number of fused-ring (bicyclic) bond motifs is 1. The fourth-order valence-corrected chi connectivity index (χ4v) is 6.37. The van der Waals surface area contributed by atoms with E-state index in [0.717, 1.165) is 31.2 Å². The summed E-state index contributed by atoms with van der Waals surface area (Å²) in [5.74, 6) is -0.238. The summed E-state index contributed by atoms with van der Waals surface area (Å²) >= 11 is 0. The van der Waals surface area contributed by atoms with Gasteiger partial charge in [-0.3, -0.25) is 9.52 Å². The lowest BCUT2D eigenvalue weighted by molar-refractivity contribution is 0.0366. The van der Waals surface area contributed by atoms with Crippen molar-refractivity contribution in [2.45, 2.75) is 76.0 Å². The number of ether oxygens (including phenoxy) is 1. The van der Waals surface area contributed by atoms with Crippen LogP contribution < -0.4 is 14.8 Å². The molecule has 2 aliphatic rings. The van der Waals surface area contributed by atoms with Crippen molar-refractivity contribution in [2.24, 2.45) is 5.92 Å². The Hall–Kier alpha value is -3.31. The van der Waals surface area contributed by atoms with Gasteiger partial charge >= 0.3 is 6.03 Å². The SMILES string of the molecule is Cc1ccc(S(=O)(=O)Nc2ccc3c(c2)C(=O)N([C@@H](C)CO)C[C@H](C)[C@@H](CN(C)C(=O)NC2CCCCC2)O3)cc1. The van der Waals surface area contributed by atoms with E-state index in [0.29, 0.717) is 12.3 Å². The van der Waals surface area contributed by atoms with Crippen LogP contribution in [0.5, 0.6) is 5.75 Å². The van der Waals surface area contributed by atoms with Gasteiger partial charge in [-0.2, -0.15) is 0 Å². The largest absolute Gasteiger partial charge is 0.487 e. The number of benzene rings is 2. The normalized spacial score (nSPS) is 20.7. The van der Waals surface area contributed by atoms with Crippen molar-refractivity contribution in [3.05, 3.63) is 53.6 Å². The Morgan fingerprint density at radius 2 is 1.83 bits per heavy atom. The molecule has 1 heterocycles. The topological polar surface area (TPSA) is 128 Å². The zero-order valence-corrected chi connectivity index (χ0v) is 25.1. The van der Waals surface area contributed by atoms with Crippen molar-refractivity contribution in [3.8, 4) is 5.75 Å². The lowest BCUT2D eigenvalue weighted by atomic mass is 9.96. The van der Waals surface area contributed by atoms with E-state index in [9.17, 15) is 23.1 Å². The van der Waals surface area contributed by atoms with E-state index in [2.05, 4.69) is 10.0 Å². The van der Waals surface area contributed by atoms with E-state index in [-0.39, 0.29) is 53.2 Å². The number of rotatable bonds is 8. The molecule has 224 valence electrons. The zero-order chi connectivity index (χ0) is 29.7. The van der Waals surface area contributed by atoms with Gasteiger partial charge in [-0.15, -0.1) is 0 Å². The van der Waals surface area contributed by atoms with Gasteiger partial charge in [0.15, 0.2) is 0 Å². The van der Waals surface area contributed by atoms with E-state index in [1.807, 2.05) is 13.8 Å². The smallest absolute Gasteiger partial charge is 0.317 e. The third-order valence-corrected chi connectivity index (χ3v) is 9.38. The fourth-order valence-electron chi connectivity index (χ4n) is 5.32. The predicted molar refractivity (Wildman–Crippen MR) is 158 cm³/mol. The van der Waals surface area contributed by atoms with Crippen LogP contribution in [-0.4, -0.2) is 80.2 Å². The highest BCUT2D eigenvalue weighted by Gasteiger charge is 2.34. The van der Waals surface area contributed by atoms with Gasteiger partial charge in [-0.25, -0.2) is 13.2 Å². The van der Waals surface area contributed by atoms with Crippen LogP contribution >= 0.6 is 0 Å². The molecule has 0 saturated heterocycles. The van der Waals surface area contributed by atoms with Crippen molar-refractivity contribution < 1.29 is 27.9 Å². The average Bonchev–Trinajstić information content (AvgIpc) is 2.95. The Balaban J connectivity index is 1.59. The van der Waals surface area contributed by atoms with Crippen molar-refractivity contribution in [1.82, 2.24) is 15.1 Å². The second-order valence-electron chi connectivity index (χ2n) is 11.4. The molecule has 0 bridgehead atoms. The zero-order valence-electron chi connectivity index (χ0n) is 24.3. The Morgan fingerprint density at radius 1 is 1.15 bits per heavy atom. The lowest BCUT2D eigenvalue weighted by Crippen LogP contribution is -2.52. The van der Waals surface area contributed by atoms with Gasteiger partial charge in [-0.05, 0) is 57.0 Å². The summed E-state index contributed by atoms with van der Waals surface area (Å²) in [5, 5.41) is 13.0. The van der Waals surface area contributed by atoms with E-state index < -0.39 is 22.2 Å². The molecule has 2 aromatic rings. The summed E-state index contributed by atoms with van der Waals surface area (Å²) < 4.78 is 35.0. The van der Waals surface area contributed by atoms with Crippen molar-refractivity contribution in [2.75, 3.05) is 31.5 Å². The Labute approximate surface area is 243 Å². The van der Waals surface area contributed by atoms with Gasteiger partial charge in [0.25, 0.3) is 15.9 Å². The molecular weight excluding hydrogens is 544 g/mol. The molecule has 1 aliphatic heterocycles. The second kappa shape index (κ2) is 13.1. The van der Waals surface area contributed by atoms with Gasteiger partial charge in [0.1, 0.15) is 11.9 Å². The maximum Gasteiger partial charge on any atom is 0.317 e. The molecule has 1 fully saturated rings. The number of sulfonamides is 1. The predicted octanol–water partition coefficient (Wildman–Crippen LogP) is 3.99. The maximum absolute atomic E-state index is 13.7. The monoisotopic (exact) mass is 586 g/mol. The van der Waals surface area contributed by atoms with Gasteiger partial charge < -0.3 is 25.0 Å². The molecule has 11 heteroatoms. The average molecular weight is 587 g/mol. The number of hydrogen-bond donors (Lipinski definition) is 3. The van der Waals surface area contributed by atoms with Gasteiger partial charge in [0.2, 0.25) is 0 Å². The summed E-state index contributed by atoms with van der Waals surface area (Å²) in [5.41, 5.74) is 1.33. The van der Waals surface area contributed by atoms with Crippen LogP contribution in [0.1, 0.15) is 61.9 Å². The van der Waals surface area contributed by atoms with Gasteiger partial charge in [0.05, 0.1) is 29.7 Å². The standard InChI is InChI=1S/C30H42N4O6S/c1-20-10-13-25(14-11-20)41(38,39)32-24-12-15-27-26(16-24)29(36)34(22(3)19-35)17-21(2)28(40-27)18-33(4)30(37)31-23-8-6-5-7-9-23/h10-16,21-23,28,32,35H,5-9,17-19H2,1-4H3,(H,31,37)/t21-,22-,28+/m0/s1. The molecule has 41 heavy (non-hydrogen) atoms. The minimum absolute atomic E-state index is 0.108. The molecule has 3 atom stereocenters. The Morgan fingerprint density at radius 3 is 2.49 bits per heavy atom. The van der Waals surface area contributed by atoms with Crippen LogP contribution in [0.4, 0.5) is 10.5 Å². The van der Waals surface area contributed by atoms with Crippen LogP contribution in [0.15, 0.2) is 47.4 Å². The lowest BCUT2D eigenvalue weighted by Gasteiger charge is -2.38. The molecule has 1 aliphatic carbocycles. The number of carbonyl (C=O) groups is 2. The molecule has 0 unspecified atom stereocenters. The van der Waals surface area contributed by atoms with E-state index in [4.69, 9.17) is 4.74 Å². The first-order valence-electron chi connectivity index (χ1n) is 14.3. The Bertz CT molecular complexity index is 1330. The van der Waals surface area contributed by atoms with Crippen LogP contribution in [0.25, 0.3) is 0 Å². The first-order valence-corrected chi connectivity index (χ1v) is 15.8. The summed E-state index contributed by atoms with van der Waals surface area (Å²) in [6.07, 6.45) is 4.94. The number of likely N-dealkylation sites (N-methyl/N-ethyl adjacent to an activating group) is 1. The van der Waals surface area contributed by atoms with E-state index in [1.54, 1.807) is 48.0 Å². The molecule has 0 radical (unpaired) electrons. The number of anilines is 1. The fraction of sp³-hybridized carbons (Fsp3) is 0.533. The quantitative estimate of drug-likeness (QED) is 0.429. The number of aliphatic hydroxyl groups excluding tert-OH is 1. The van der Waals surface area contributed by atoms with Crippen molar-refractivity contribution in [3.63, 3.8) is 0 Å². The number of nitrogens with one attached hydrogen (secondary N) is 2. The van der Waals surface area contributed by atoms with Crippen LogP contribution in [0.2, 0.25) is 0 Å². The molecular formula is C30H42N4O6S. The number of carbonyl (C=O) groups excluding carboxylic acids is 2. The minimum atomic E-state index is -3.89. The van der Waals surface area contributed by atoms with Crippen LogP contribution in [0, 0.1) is 12.8 Å². The number of aliphatic hydroxyl groups is 1. The molecule has 0 aromatic heterocycles. The van der Waals surface area contributed by atoms with Crippen LogP contribution in [-0.2, 0) is 10.0 Å². The Kier molecular flexibility index (Phi) is 9.80. The first-order chi connectivity index (χ1) is 19.5. The molecule has 2 aromatic carbocycles. The number of hydrogen-bond acceptors (Lipinski definition) is 6. The second-order valence-corrected chi connectivity index (χ2v) is 13.1. The highest BCUT2D eigenvalue weighted by molar-refractivity contribution is 7.92. The van der Waals surface area contributed by atoms with Crippen LogP contribution in [0.3, 0.4) is 0 Å². The minimum Gasteiger partial charge on any atom is -0.487 e. The molecule has 1 saturated carbocycles. The van der Waals surface area contributed by atoms with Crippen molar-refractivity contribution in [1.29, 1.82) is 0 Å². The van der Waals surface area contributed by atoms with Gasteiger partial charge in [-0.1, -0.05) is 43.9 Å². The molecule has 3 N–H and O–H groups in total. The highest BCUT2D eigenvalue weighted by Crippen LogP contribution is 2.31. The first kappa shape index (κ1) is 30.6. The molecule has 10 nitrogen and oxygen atoms in total. The van der Waals surface area contributed by atoms with E-state index >= 15 is 0 Å².